The molecule has 2 rings (SSSR count). The third-order valence-electron chi connectivity index (χ3n) is 2.30. The first-order valence-corrected chi connectivity index (χ1v) is 4.91. The van der Waals surface area contributed by atoms with E-state index in [1.54, 1.807) is 4.90 Å². The van der Waals surface area contributed by atoms with Crippen LogP contribution in [0.4, 0.5) is 0 Å². The Morgan fingerprint density at radius 3 is 2.79 bits per heavy atom. The molecule has 1 atom stereocenters. The van der Waals surface area contributed by atoms with Gasteiger partial charge in [0, 0.05) is 13.1 Å². The average Bonchev–Trinajstić information content (AvgIpc) is 3.03. The van der Waals surface area contributed by atoms with Crippen molar-refractivity contribution in [3.8, 4) is 0 Å². The number of hydrogen-bond acceptors (Lipinski definition) is 4. The van der Waals surface area contributed by atoms with E-state index in [1.165, 1.54) is 0 Å². The molecule has 0 saturated carbocycles. The summed E-state index contributed by atoms with van der Waals surface area (Å²) in [5.41, 5.74) is 0. The molecule has 0 bridgehead atoms. The maximum absolute atomic E-state index is 11.5. The first-order valence-electron chi connectivity index (χ1n) is 4.91. The number of carbonyl (C=O) groups is 1. The van der Waals surface area contributed by atoms with E-state index >= 15 is 0 Å². The summed E-state index contributed by atoms with van der Waals surface area (Å²) < 4.78 is 15.3. The predicted molar refractivity (Wildman–Crippen MR) is 48.0 cm³/mol. The molecule has 2 fully saturated rings. The van der Waals surface area contributed by atoms with Crippen molar-refractivity contribution in [2.75, 3.05) is 46.1 Å². The van der Waals surface area contributed by atoms with Gasteiger partial charge in [-0.25, -0.2) is 0 Å². The van der Waals surface area contributed by atoms with Crippen molar-refractivity contribution in [3.63, 3.8) is 0 Å². The van der Waals surface area contributed by atoms with Crippen molar-refractivity contribution in [1.29, 1.82) is 0 Å². The van der Waals surface area contributed by atoms with E-state index in [-0.39, 0.29) is 18.6 Å². The third-order valence-corrected chi connectivity index (χ3v) is 2.30. The quantitative estimate of drug-likeness (QED) is 0.562. The normalized spacial score (nSPS) is 26.3. The number of rotatable bonds is 4. The van der Waals surface area contributed by atoms with Crippen molar-refractivity contribution in [1.82, 2.24) is 4.90 Å². The highest BCUT2D eigenvalue weighted by Crippen LogP contribution is 2.08. The summed E-state index contributed by atoms with van der Waals surface area (Å²) >= 11 is 0. The molecule has 0 aromatic carbocycles. The molecule has 0 aliphatic carbocycles. The number of nitrogens with zero attached hydrogens (tertiary/aromatic N) is 1. The van der Waals surface area contributed by atoms with E-state index in [0.717, 1.165) is 6.61 Å². The molecule has 80 valence electrons. The lowest BCUT2D eigenvalue weighted by Crippen LogP contribution is -2.42. The highest BCUT2D eigenvalue weighted by molar-refractivity contribution is 5.77. The lowest BCUT2D eigenvalue weighted by Gasteiger charge is -2.26. The SMILES string of the molecule is O=C(COCC1CO1)N1CCOCC1. The van der Waals surface area contributed by atoms with Crippen LogP contribution in [0.2, 0.25) is 0 Å². The molecule has 5 heteroatoms. The van der Waals surface area contributed by atoms with Crippen LogP contribution in [0.5, 0.6) is 0 Å². The highest BCUT2D eigenvalue weighted by atomic mass is 16.6. The number of morpholine rings is 1. The Morgan fingerprint density at radius 1 is 1.43 bits per heavy atom. The van der Waals surface area contributed by atoms with Crippen LogP contribution < -0.4 is 0 Å². The summed E-state index contributed by atoms with van der Waals surface area (Å²) in [6.45, 7) is 4.11. The number of hydrogen-bond donors (Lipinski definition) is 0. The Kier molecular flexibility index (Phi) is 3.34. The molecule has 5 nitrogen and oxygen atoms in total. The molecule has 0 radical (unpaired) electrons. The fraction of sp³-hybridized carbons (Fsp3) is 0.889. The molecule has 0 N–H and O–H groups in total. The molecule has 2 aliphatic rings. The fourth-order valence-electron chi connectivity index (χ4n) is 1.35. The largest absolute Gasteiger partial charge is 0.378 e. The monoisotopic (exact) mass is 201 g/mol. The molecular weight excluding hydrogens is 186 g/mol. The zero-order valence-electron chi connectivity index (χ0n) is 8.11. The lowest BCUT2D eigenvalue weighted by molar-refractivity contribution is -0.140. The van der Waals surface area contributed by atoms with E-state index in [1.807, 2.05) is 0 Å². The summed E-state index contributed by atoms with van der Waals surface area (Å²) in [7, 11) is 0. The summed E-state index contributed by atoms with van der Waals surface area (Å²) in [5, 5.41) is 0. The van der Waals surface area contributed by atoms with Crippen molar-refractivity contribution < 1.29 is 19.0 Å². The van der Waals surface area contributed by atoms with Gasteiger partial charge in [0.05, 0.1) is 26.4 Å². The topological polar surface area (TPSA) is 51.3 Å². The second-order valence-electron chi connectivity index (χ2n) is 3.46. The van der Waals surface area contributed by atoms with Crippen molar-refractivity contribution in [3.05, 3.63) is 0 Å². The Balaban J connectivity index is 1.60. The molecule has 14 heavy (non-hydrogen) atoms. The van der Waals surface area contributed by atoms with E-state index < -0.39 is 0 Å². The maximum atomic E-state index is 11.5. The van der Waals surface area contributed by atoms with E-state index in [2.05, 4.69) is 0 Å². The zero-order chi connectivity index (χ0) is 9.80. The van der Waals surface area contributed by atoms with Gasteiger partial charge < -0.3 is 19.1 Å². The molecule has 0 aromatic rings. The van der Waals surface area contributed by atoms with Crippen LogP contribution in [-0.2, 0) is 19.0 Å². The number of amides is 1. The van der Waals surface area contributed by atoms with Crippen LogP contribution in [0.25, 0.3) is 0 Å². The number of ether oxygens (including phenoxy) is 3. The van der Waals surface area contributed by atoms with Gasteiger partial charge in [-0.1, -0.05) is 0 Å². The second-order valence-corrected chi connectivity index (χ2v) is 3.46. The minimum Gasteiger partial charge on any atom is -0.378 e. The molecule has 0 aromatic heterocycles. The first kappa shape index (κ1) is 9.89. The maximum Gasteiger partial charge on any atom is 0.248 e. The molecule has 1 unspecified atom stereocenters. The highest BCUT2D eigenvalue weighted by Gasteiger charge is 2.23. The van der Waals surface area contributed by atoms with Gasteiger partial charge in [-0.3, -0.25) is 4.79 Å². The Bertz CT molecular complexity index is 199. The third kappa shape index (κ3) is 2.94. The van der Waals surface area contributed by atoms with E-state index in [4.69, 9.17) is 14.2 Å². The minimum atomic E-state index is 0.0500. The van der Waals surface area contributed by atoms with Crippen LogP contribution in [0.15, 0.2) is 0 Å². The molecule has 2 saturated heterocycles. The van der Waals surface area contributed by atoms with Gasteiger partial charge in [-0.05, 0) is 0 Å². The Morgan fingerprint density at radius 2 is 2.14 bits per heavy atom. The van der Waals surface area contributed by atoms with Gasteiger partial charge >= 0.3 is 0 Å². The summed E-state index contributed by atoms with van der Waals surface area (Å²) in [5.74, 6) is 0.0500. The van der Waals surface area contributed by atoms with Gasteiger partial charge in [0.2, 0.25) is 5.91 Å². The van der Waals surface area contributed by atoms with Crippen LogP contribution in [-0.4, -0.2) is 63.0 Å². The van der Waals surface area contributed by atoms with Crippen molar-refractivity contribution in [2.45, 2.75) is 6.10 Å². The van der Waals surface area contributed by atoms with Gasteiger partial charge in [0.25, 0.3) is 0 Å². The second kappa shape index (κ2) is 4.72. The molecular formula is C9H15NO4. The molecule has 1 amide bonds. The van der Waals surface area contributed by atoms with E-state index in [9.17, 15) is 4.79 Å². The average molecular weight is 201 g/mol. The molecule has 2 aliphatic heterocycles. The fourth-order valence-corrected chi connectivity index (χ4v) is 1.35. The smallest absolute Gasteiger partial charge is 0.248 e. The van der Waals surface area contributed by atoms with Gasteiger partial charge in [-0.15, -0.1) is 0 Å². The summed E-state index contributed by atoms with van der Waals surface area (Å²) in [4.78, 5) is 13.3. The van der Waals surface area contributed by atoms with Crippen molar-refractivity contribution in [2.24, 2.45) is 0 Å². The number of carbonyl (C=O) groups excluding carboxylic acids is 1. The van der Waals surface area contributed by atoms with Crippen LogP contribution in [0.1, 0.15) is 0 Å². The molecule has 2 heterocycles. The predicted octanol–water partition coefficient (Wildman–Crippen LogP) is -0.739. The Labute approximate surface area is 82.9 Å². The van der Waals surface area contributed by atoms with Crippen LogP contribution in [0.3, 0.4) is 0 Å². The minimum absolute atomic E-state index is 0.0500. The van der Waals surface area contributed by atoms with Gasteiger partial charge in [0.15, 0.2) is 0 Å². The Hall–Kier alpha value is -0.650. The van der Waals surface area contributed by atoms with Gasteiger partial charge in [-0.2, -0.15) is 0 Å². The standard InChI is InChI=1S/C9H15NO4/c11-9(7-13-5-8-6-14-8)10-1-3-12-4-2-10/h8H,1-7H2. The summed E-state index contributed by atoms with van der Waals surface area (Å²) in [6, 6.07) is 0. The van der Waals surface area contributed by atoms with Crippen LogP contribution >= 0.6 is 0 Å². The molecule has 0 spiro atoms. The van der Waals surface area contributed by atoms with Crippen molar-refractivity contribution >= 4 is 5.91 Å². The zero-order valence-corrected chi connectivity index (χ0v) is 8.11. The van der Waals surface area contributed by atoms with Crippen LogP contribution in [0, 0.1) is 0 Å². The van der Waals surface area contributed by atoms with Gasteiger partial charge in [0.1, 0.15) is 12.7 Å². The summed E-state index contributed by atoms with van der Waals surface area (Å²) in [6.07, 6.45) is 0.229. The number of epoxide rings is 1. The lowest BCUT2D eigenvalue weighted by atomic mass is 10.4. The first-order chi connectivity index (χ1) is 6.86. The van der Waals surface area contributed by atoms with E-state index in [0.29, 0.717) is 32.9 Å².